The van der Waals surface area contributed by atoms with E-state index < -0.39 is 0 Å². The Kier molecular flexibility index (Phi) is 4.66. The predicted molar refractivity (Wildman–Crippen MR) is 111 cm³/mol. The first-order valence-corrected chi connectivity index (χ1v) is 11.7. The molecule has 0 bridgehead atoms. The first kappa shape index (κ1) is 18.2. The van der Waals surface area contributed by atoms with E-state index in [-0.39, 0.29) is 0 Å². The fourth-order valence-corrected chi connectivity index (χ4v) is 8.15. The molecule has 0 radical (unpaired) electrons. The summed E-state index contributed by atoms with van der Waals surface area (Å²) < 4.78 is 6.38. The predicted octanol–water partition coefficient (Wildman–Crippen LogP) is 7.00. The Morgan fingerprint density at radius 3 is 2.59 bits per heavy atom. The molecule has 0 spiro atoms. The normalized spacial score (nSPS) is 46.4. The summed E-state index contributed by atoms with van der Waals surface area (Å²) in [6.07, 6.45) is 15.0. The van der Waals surface area contributed by atoms with E-state index in [0.29, 0.717) is 16.9 Å². The lowest BCUT2D eigenvalue weighted by molar-refractivity contribution is -0.131. The van der Waals surface area contributed by atoms with Crippen molar-refractivity contribution in [1.29, 1.82) is 0 Å². The molecule has 0 N–H and O–H groups in total. The summed E-state index contributed by atoms with van der Waals surface area (Å²) >= 11 is 0. The van der Waals surface area contributed by atoms with Crippen molar-refractivity contribution in [1.82, 2.24) is 0 Å². The van der Waals surface area contributed by atoms with E-state index in [1.165, 1.54) is 69.8 Å². The highest BCUT2D eigenvalue weighted by atomic mass is 16.5. The maximum atomic E-state index is 6.38. The number of ether oxygens (including phenoxy) is 1. The fraction of sp³-hybridized carbons (Fsp3) is 0.769. The molecule has 4 saturated carbocycles. The van der Waals surface area contributed by atoms with Crippen LogP contribution in [0.15, 0.2) is 30.3 Å². The van der Waals surface area contributed by atoms with Crippen LogP contribution in [-0.2, 0) is 11.3 Å². The van der Waals surface area contributed by atoms with Gasteiger partial charge in [-0.1, -0.05) is 50.6 Å². The molecule has 1 heteroatoms. The molecule has 4 fully saturated rings. The molecule has 7 atom stereocenters. The summed E-state index contributed by atoms with van der Waals surface area (Å²) in [5.41, 5.74) is 2.61. The number of benzene rings is 1. The molecule has 148 valence electrons. The van der Waals surface area contributed by atoms with Gasteiger partial charge in [-0.15, -0.1) is 0 Å². The van der Waals surface area contributed by atoms with Gasteiger partial charge in [-0.25, -0.2) is 0 Å². The minimum atomic E-state index is 0.486. The molecular formula is C26H38O. The van der Waals surface area contributed by atoms with Gasteiger partial charge in [0.25, 0.3) is 0 Å². The number of rotatable bonds is 3. The zero-order chi connectivity index (χ0) is 18.5. The van der Waals surface area contributed by atoms with E-state index >= 15 is 0 Å². The van der Waals surface area contributed by atoms with Gasteiger partial charge in [-0.05, 0) is 97.9 Å². The van der Waals surface area contributed by atoms with Gasteiger partial charge in [0.1, 0.15) is 0 Å². The summed E-state index contributed by atoms with van der Waals surface area (Å²) in [5, 5.41) is 0. The Hall–Kier alpha value is -0.820. The molecule has 0 amide bonds. The van der Waals surface area contributed by atoms with Crippen LogP contribution in [-0.4, -0.2) is 6.10 Å². The minimum absolute atomic E-state index is 0.486. The van der Waals surface area contributed by atoms with Crippen LogP contribution in [0.25, 0.3) is 0 Å². The monoisotopic (exact) mass is 366 g/mol. The smallest absolute Gasteiger partial charge is 0.0720 e. The Labute approximate surface area is 166 Å². The van der Waals surface area contributed by atoms with E-state index in [9.17, 15) is 0 Å². The second kappa shape index (κ2) is 6.90. The van der Waals surface area contributed by atoms with E-state index in [0.717, 1.165) is 30.3 Å². The zero-order valence-corrected chi connectivity index (χ0v) is 17.5. The lowest BCUT2D eigenvalue weighted by Gasteiger charge is -2.60. The van der Waals surface area contributed by atoms with E-state index in [1.807, 2.05) is 0 Å². The van der Waals surface area contributed by atoms with Crippen LogP contribution in [0.5, 0.6) is 0 Å². The van der Waals surface area contributed by atoms with Crippen molar-refractivity contribution in [2.24, 2.45) is 34.5 Å². The highest BCUT2D eigenvalue weighted by molar-refractivity contribution is 5.13. The molecule has 5 rings (SSSR count). The van der Waals surface area contributed by atoms with Gasteiger partial charge in [0.05, 0.1) is 12.7 Å². The maximum Gasteiger partial charge on any atom is 0.0720 e. The van der Waals surface area contributed by atoms with Crippen molar-refractivity contribution in [3.63, 3.8) is 0 Å². The molecule has 4 aliphatic rings. The van der Waals surface area contributed by atoms with Gasteiger partial charge < -0.3 is 4.74 Å². The summed E-state index contributed by atoms with van der Waals surface area (Å²) in [4.78, 5) is 0. The van der Waals surface area contributed by atoms with Crippen molar-refractivity contribution in [2.45, 2.75) is 90.8 Å². The topological polar surface area (TPSA) is 9.23 Å². The standard InChI is InChI=1S/C26H38O/c1-25-14-6-9-23(25)22-11-10-20-17-21(27-18-19-7-4-3-5-8-19)12-16-26(20,2)24(22)13-15-25/h3-5,7-8,20-24H,6,9-18H2,1-2H3/t20-,21+,22+,23-,24-,25+,26+/m1/s1. The highest BCUT2D eigenvalue weighted by Gasteiger charge is 2.57. The Morgan fingerprint density at radius 2 is 1.74 bits per heavy atom. The maximum absolute atomic E-state index is 6.38. The van der Waals surface area contributed by atoms with Crippen LogP contribution in [0.2, 0.25) is 0 Å². The zero-order valence-electron chi connectivity index (χ0n) is 17.5. The van der Waals surface area contributed by atoms with Crippen LogP contribution in [0.3, 0.4) is 0 Å². The van der Waals surface area contributed by atoms with E-state index in [4.69, 9.17) is 4.74 Å². The number of fused-ring (bicyclic) bond motifs is 5. The van der Waals surface area contributed by atoms with Gasteiger partial charge in [-0.2, -0.15) is 0 Å². The number of hydrogen-bond donors (Lipinski definition) is 0. The molecule has 0 heterocycles. The van der Waals surface area contributed by atoms with E-state index in [2.05, 4.69) is 44.2 Å². The van der Waals surface area contributed by atoms with Crippen molar-refractivity contribution < 1.29 is 4.74 Å². The van der Waals surface area contributed by atoms with E-state index in [1.54, 1.807) is 0 Å². The van der Waals surface area contributed by atoms with Crippen LogP contribution >= 0.6 is 0 Å². The van der Waals surface area contributed by atoms with Gasteiger partial charge in [0.15, 0.2) is 0 Å². The lowest BCUT2D eigenvalue weighted by Crippen LogP contribution is -2.53. The summed E-state index contributed by atoms with van der Waals surface area (Å²) in [7, 11) is 0. The molecule has 1 aromatic rings. The third-order valence-corrected chi connectivity index (χ3v) is 9.73. The van der Waals surface area contributed by atoms with Gasteiger partial charge in [0.2, 0.25) is 0 Å². The summed E-state index contributed by atoms with van der Waals surface area (Å²) in [6.45, 7) is 6.10. The lowest BCUT2D eigenvalue weighted by atomic mass is 9.45. The average Bonchev–Trinajstić information content (AvgIpc) is 3.09. The summed E-state index contributed by atoms with van der Waals surface area (Å²) in [6, 6.07) is 10.7. The van der Waals surface area contributed by atoms with Crippen molar-refractivity contribution in [3.8, 4) is 0 Å². The molecule has 0 aliphatic heterocycles. The molecule has 0 saturated heterocycles. The van der Waals surface area contributed by atoms with Crippen molar-refractivity contribution >= 4 is 0 Å². The molecule has 1 aromatic carbocycles. The average molecular weight is 367 g/mol. The van der Waals surface area contributed by atoms with Crippen molar-refractivity contribution in [3.05, 3.63) is 35.9 Å². The quantitative estimate of drug-likeness (QED) is 0.559. The fourth-order valence-electron chi connectivity index (χ4n) is 8.15. The Balaban J connectivity index is 1.25. The number of hydrogen-bond acceptors (Lipinski definition) is 1. The van der Waals surface area contributed by atoms with Crippen molar-refractivity contribution in [2.75, 3.05) is 0 Å². The molecule has 1 nitrogen and oxygen atoms in total. The van der Waals surface area contributed by atoms with Gasteiger partial charge in [0, 0.05) is 0 Å². The van der Waals surface area contributed by atoms with Crippen LogP contribution in [0.4, 0.5) is 0 Å². The first-order chi connectivity index (χ1) is 13.1. The first-order valence-electron chi connectivity index (χ1n) is 11.7. The van der Waals surface area contributed by atoms with Crippen LogP contribution < -0.4 is 0 Å². The Morgan fingerprint density at radius 1 is 0.889 bits per heavy atom. The highest BCUT2D eigenvalue weighted by Crippen LogP contribution is 2.66. The summed E-state index contributed by atoms with van der Waals surface area (Å²) in [5.74, 6) is 3.98. The van der Waals surface area contributed by atoms with Crippen LogP contribution in [0, 0.1) is 34.5 Å². The second-order valence-electron chi connectivity index (χ2n) is 10.9. The Bertz CT molecular complexity index is 653. The molecule has 27 heavy (non-hydrogen) atoms. The molecule has 0 unspecified atom stereocenters. The van der Waals surface area contributed by atoms with Gasteiger partial charge >= 0.3 is 0 Å². The largest absolute Gasteiger partial charge is 0.374 e. The minimum Gasteiger partial charge on any atom is -0.374 e. The third kappa shape index (κ3) is 3.09. The van der Waals surface area contributed by atoms with Gasteiger partial charge in [-0.3, -0.25) is 0 Å². The molecule has 4 aliphatic carbocycles. The second-order valence-corrected chi connectivity index (χ2v) is 10.9. The molecular weight excluding hydrogens is 328 g/mol. The molecule has 0 aromatic heterocycles. The third-order valence-electron chi connectivity index (χ3n) is 9.73. The SMILES string of the molecule is C[C@@]12CCC[C@@H]1[C@@H]1CC[C@@H]3C[C@@H](OCc4ccccc4)CC[C@]3(C)[C@@H]1CC2. The van der Waals surface area contributed by atoms with Crippen LogP contribution in [0.1, 0.15) is 83.6 Å².